The average molecular weight is 318 g/mol. The topological polar surface area (TPSA) is 56.3 Å². The largest absolute Gasteiger partial charge is 0.474 e. The van der Waals surface area contributed by atoms with Gasteiger partial charge in [0, 0.05) is 6.54 Å². The van der Waals surface area contributed by atoms with Gasteiger partial charge < -0.3 is 14.8 Å². The van der Waals surface area contributed by atoms with Crippen LogP contribution in [0.1, 0.15) is 27.2 Å². The molecule has 1 rings (SSSR count). The summed E-state index contributed by atoms with van der Waals surface area (Å²) in [7, 11) is 0. The summed E-state index contributed by atoms with van der Waals surface area (Å²) < 4.78 is 11.7. The molecule has 1 aromatic rings. The van der Waals surface area contributed by atoms with E-state index in [4.69, 9.17) is 9.47 Å². The Morgan fingerprint density at radius 1 is 1.33 bits per heavy atom. The van der Waals surface area contributed by atoms with E-state index in [1.807, 2.05) is 13.8 Å². The van der Waals surface area contributed by atoms with Gasteiger partial charge in [-0.25, -0.2) is 9.97 Å². The zero-order valence-corrected chi connectivity index (χ0v) is 12.7. The second-order valence-corrected chi connectivity index (χ2v) is 4.83. The standard InChI is InChI=1S/C12H20BrN3O2/c1-4-5-14-11-10(13)12(16-8-15-11)18-7-6-17-9(2)3/h8-9H,4-7H2,1-3H3,(H,14,15,16). The average Bonchev–Trinajstić information content (AvgIpc) is 2.34. The predicted octanol–water partition coefficient (Wildman–Crippen LogP) is 2.86. The summed E-state index contributed by atoms with van der Waals surface area (Å²) in [6.45, 7) is 7.97. The minimum absolute atomic E-state index is 0.212. The van der Waals surface area contributed by atoms with Gasteiger partial charge in [0.1, 0.15) is 23.2 Å². The van der Waals surface area contributed by atoms with Crippen LogP contribution in [0.2, 0.25) is 0 Å². The Morgan fingerprint density at radius 3 is 2.78 bits per heavy atom. The van der Waals surface area contributed by atoms with Crippen LogP contribution in [0.5, 0.6) is 5.88 Å². The van der Waals surface area contributed by atoms with Crippen molar-refractivity contribution in [1.82, 2.24) is 9.97 Å². The van der Waals surface area contributed by atoms with Gasteiger partial charge in [0.05, 0.1) is 12.7 Å². The third kappa shape index (κ3) is 5.18. The number of hydrogen-bond acceptors (Lipinski definition) is 5. The van der Waals surface area contributed by atoms with Gasteiger partial charge in [0.2, 0.25) is 5.88 Å². The molecular formula is C12H20BrN3O2. The number of nitrogens with zero attached hydrogens (tertiary/aromatic N) is 2. The van der Waals surface area contributed by atoms with Crippen molar-refractivity contribution in [3.8, 4) is 5.88 Å². The molecule has 0 saturated carbocycles. The van der Waals surface area contributed by atoms with Gasteiger partial charge >= 0.3 is 0 Å². The van der Waals surface area contributed by atoms with Gasteiger partial charge in [0.15, 0.2) is 0 Å². The highest BCUT2D eigenvalue weighted by molar-refractivity contribution is 9.10. The van der Waals surface area contributed by atoms with Gasteiger partial charge in [-0.3, -0.25) is 0 Å². The summed E-state index contributed by atoms with van der Waals surface area (Å²) in [6.07, 6.45) is 2.74. The second kappa shape index (κ2) is 8.26. The van der Waals surface area contributed by atoms with Crippen LogP contribution in [0, 0.1) is 0 Å². The Hall–Kier alpha value is -0.880. The molecule has 0 unspecified atom stereocenters. The van der Waals surface area contributed by atoms with Crippen molar-refractivity contribution in [2.75, 3.05) is 25.1 Å². The highest BCUT2D eigenvalue weighted by Crippen LogP contribution is 2.28. The van der Waals surface area contributed by atoms with Crippen LogP contribution in [0.15, 0.2) is 10.8 Å². The van der Waals surface area contributed by atoms with Crippen LogP contribution in [-0.4, -0.2) is 35.8 Å². The Bertz CT molecular complexity index is 361. The van der Waals surface area contributed by atoms with Crippen LogP contribution in [0.3, 0.4) is 0 Å². The molecule has 0 radical (unpaired) electrons. The van der Waals surface area contributed by atoms with E-state index in [0.29, 0.717) is 19.1 Å². The van der Waals surface area contributed by atoms with E-state index in [1.54, 1.807) is 0 Å². The molecular weight excluding hydrogens is 298 g/mol. The fourth-order valence-electron chi connectivity index (χ4n) is 1.24. The smallest absolute Gasteiger partial charge is 0.233 e. The quantitative estimate of drug-likeness (QED) is 0.747. The Labute approximate surface area is 116 Å². The van der Waals surface area contributed by atoms with E-state index in [-0.39, 0.29) is 6.10 Å². The van der Waals surface area contributed by atoms with Gasteiger partial charge in [-0.15, -0.1) is 0 Å². The fourth-order valence-corrected chi connectivity index (χ4v) is 1.70. The van der Waals surface area contributed by atoms with Crippen molar-refractivity contribution in [2.24, 2.45) is 0 Å². The van der Waals surface area contributed by atoms with E-state index < -0.39 is 0 Å². The Kier molecular flexibility index (Phi) is 6.97. The molecule has 0 aliphatic heterocycles. The maximum absolute atomic E-state index is 5.54. The molecule has 6 heteroatoms. The van der Waals surface area contributed by atoms with Crippen molar-refractivity contribution >= 4 is 21.7 Å². The highest BCUT2D eigenvalue weighted by atomic mass is 79.9. The van der Waals surface area contributed by atoms with E-state index >= 15 is 0 Å². The molecule has 1 heterocycles. The third-order valence-corrected chi connectivity index (χ3v) is 2.79. The van der Waals surface area contributed by atoms with Gasteiger partial charge in [-0.1, -0.05) is 6.92 Å². The number of rotatable bonds is 8. The Morgan fingerprint density at radius 2 is 2.11 bits per heavy atom. The molecule has 0 aliphatic carbocycles. The lowest BCUT2D eigenvalue weighted by atomic mass is 10.4. The number of nitrogens with one attached hydrogen (secondary N) is 1. The van der Waals surface area contributed by atoms with Crippen molar-refractivity contribution in [1.29, 1.82) is 0 Å². The molecule has 0 bridgehead atoms. The van der Waals surface area contributed by atoms with Gasteiger partial charge in [0.25, 0.3) is 0 Å². The molecule has 18 heavy (non-hydrogen) atoms. The van der Waals surface area contributed by atoms with E-state index in [0.717, 1.165) is 23.3 Å². The van der Waals surface area contributed by atoms with Gasteiger partial charge in [-0.05, 0) is 36.2 Å². The molecule has 0 spiro atoms. The zero-order chi connectivity index (χ0) is 13.4. The molecule has 0 atom stereocenters. The molecule has 1 aromatic heterocycles. The normalized spacial score (nSPS) is 10.7. The number of anilines is 1. The predicted molar refractivity (Wildman–Crippen MR) is 75.1 cm³/mol. The summed E-state index contributed by atoms with van der Waals surface area (Å²) in [5.41, 5.74) is 0. The number of hydrogen-bond donors (Lipinski definition) is 1. The van der Waals surface area contributed by atoms with Crippen LogP contribution in [0.4, 0.5) is 5.82 Å². The van der Waals surface area contributed by atoms with E-state index in [9.17, 15) is 0 Å². The molecule has 5 nitrogen and oxygen atoms in total. The number of halogens is 1. The molecule has 0 amide bonds. The van der Waals surface area contributed by atoms with E-state index in [1.165, 1.54) is 6.33 Å². The van der Waals surface area contributed by atoms with Crippen molar-refractivity contribution in [3.63, 3.8) is 0 Å². The zero-order valence-electron chi connectivity index (χ0n) is 11.1. The summed E-state index contributed by atoms with van der Waals surface area (Å²) in [6, 6.07) is 0. The Balaban J connectivity index is 2.49. The number of ether oxygens (including phenoxy) is 2. The molecule has 1 N–H and O–H groups in total. The first-order valence-electron chi connectivity index (χ1n) is 6.14. The van der Waals surface area contributed by atoms with Crippen LogP contribution in [-0.2, 0) is 4.74 Å². The minimum Gasteiger partial charge on any atom is -0.474 e. The molecule has 102 valence electrons. The first-order chi connectivity index (χ1) is 8.65. The van der Waals surface area contributed by atoms with E-state index in [2.05, 4.69) is 38.1 Å². The summed E-state index contributed by atoms with van der Waals surface area (Å²) in [4.78, 5) is 8.24. The summed E-state index contributed by atoms with van der Waals surface area (Å²) in [5, 5.41) is 3.20. The first-order valence-corrected chi connectivity index (χ1v) is 6.93. The maximum Gasteiger partial charge on any atom is 0.233 e. The SMILES string of the molecule is CCCNc1ncnc(OCCOC(C)C)c1Br. The minimum atomic E-state index is 0.212. The lowest BCUT2D eigenvalue weighted by Gasteiger charge is -2.11. The van der Waals surface area contributed by atoms with Crippen molar-refractivity contribution in [2.45, 2.75) is 33.3 Å². The van der Waals surface area contributed by atoms with Crippen LogP contribution >= 0.6 is 15.9 Å². The van der Waals surface area contributed by atoms with Crippen LogP contribution < -0.4 is 10.1 Å². The maximum atomic E-state index is 5.54. The summed E-state index contributed by atoms with van der Waals surface area (Å²) in [5.74, 6) is 1.29. The summed E-state index contributed by atoms with van der Waals surface area (Å²) >= 11 is 3.44. The molecule has 0 fully saturated rings. The molecule has 0 aromatic carbocycles. The van der Waals surface area contributed by atoms with Crippen molar-refractivity contribution < 1.29 is 9.47 Å². The van der Waals surface area contributed by atoms with Crippen LogP contribution in [0.25, 0.3) is 0 Å². The highest BCUT2D eigenvalue weighted by Gasteiger charge is 2.09. The first kappa shape index (κ1) is 15.2. The van der Waals surface area contributed by atoms with Gasteiger partial charge in [-0.2, -0.15) is 0 Å². The lowest BCUT2D eigenvalue weighted by molar-refractivity contribution is 0.0540. The lowest BCUT2D eigenvalue weighted by Crippen LogP contribution is -2.12. The second-order valence-electron chi connectivity index (χ2n) is 4.04. The van der Waals surface area contributed by atoms with Crippen molar-refractivity contribution in [3.05, 3.63) is 10.8 Å². The third-order valence-electron chi connectivity index (χ3n) is 2.07. The monoisotopic (exact) mass is 317 g/mol. The molecule has 0 saturated heterocycles. The molecule has 0 aliphatic rings. The fraction of sp³-hybridized carbons (Fsp3) is 0.667. The number of aromatic nitrogens is 2.